The first-order chi connectivity index (χ1) is 8.11. The van der Waals surface area contributed by atoms with Crippen LogP contribution in [-0.2, 0) is 17.8 Å². The Morgan fingerprint density at radius 1 is 1.59 bits per heavy atom. The lowest BCUT2D eigenvalue weighted by Crippen LogP contribution is -2.29. The van der Waals surface area contributed by atoms with Crippen LogP contribution in [-0.4, -0.2) is 21.4 Å². The van der Waals surface area contributed by atoms with Crippen molar-refractivity contribution in [2.75, 3.05) is 6.61 Å². The topological polar surface area (TPSA) is 87.4 Å². The van der Waals surface area contributed by atoms with Gasteiger partial charge in [0.1, 0.15) is 5.75 Å². The van der Waals surface area contributed by atoms with Crippen LogP contribution in [0.5, 0.6) is 5.75 Å². The third-order valence-corrected chi connectivity index (χ3v) is 2.85. The largest absolute Gasteiger partial charge is 0.760 e. The van der Waals surface area contributed by atoms with Crippen molar-refractivity contribution in [3.8, 4) is 5.75 Å². The van der Waals surface area contributed by atoms with Crippen LogP contribution in [0.3, 0.4) is 0 Å². The Labute approximate surface area is 104 Å². The van der Waals surface area contributed by atoms with E-state index in [0.29, 0.717) is 19.6 Å². The number of rotatable bonds is 7. The minimum Gasteiger partial charge on any atom is -0.760 e. The monoisotopic (exact) mass is 257 g/mol. The third-order valence-electron chi connectivity index (χ3n) is 2.25. The van der Waals surface area contributed by atoms with Gasteiger partial charge in [0.25, 0.3) is 0 Å². The molecule has 1 aromatic carbocycles. The average molecular weight is 257 g/mol. The minimum absolute atomic E-state index is 0.133. The van der Waals surface area contributed by atoms with Gasteiger partial charge in [-0.25, -0.2) is 4.72 Å². The molecule has 3 N–H and O–H groups in total. The van der Waals surface area contributed by atoms with E-state index in [0.717, 1.165) is 11.3 Å². The molecule has 0 spiro atoms. The molecule has 0 fully saturated rings. The fourth-order valence-corrected chi connectivity index (χ4v) is 1.79. The maximum Gasteiger partial charge on any atom is 0.119 e. The maximum absolute atomic E-state index is 10.4. The molecule has 96 valence electrons. The van der Waals surface area contributed by atoms with Crippen molar-refractivity contribution in [2.45, 2.75) is 25.9 Å². The van der Waals surface area contributed by atoms with E-state index in [1.807, 2.05) is 24.3 Å². The Morgan fingerprint density at radius 3 is 3.00 bits per heavy atom. The van der Waals surface area contributed by atoms with E-state index in [4.69, 9.17) is 10.5 Å². The molecule has 2 atom stereocenters. The molecule has 0 amide bonds. The summed E-state index contributed by atoms with van der Waals surface area (Å²) in [4.78, 5) is 0. The Kier molecular flexibility index (Phi) is 6.13. The molecule has 0 aliphatic rings. The second-order valence-electron chi connectivity index (χ2n) is 3.74. The summed E-state index contributed by atoms with van der Waals surface area (Å²) in [5, 5.41) is 0. The zero-order valence-electron chi connectivity index (χ0n) is 9.72. The Balaban J connectivity index is 2.32. The van der Waals surface area contributed by atoms with Gasteiger partial charge in [-0.15, -0.1) is 0 Å². The van der Waals surface area contributed by atoms with Crippen LogP contribution in [0.2, 0.25) is 0 Å². The van der Waals surface area contributed by atoms with Crippen molar-refractivity contribution in [2.24, 2.45) is 5.73 Å². The van der Waals surface area contributed by atoms with Gasteiger partial charge in [0.15, 0.2) is 0 Å². The average Bonchev–Trinajstić information content (AvgIpc) is 2.28. The van der Waals surface area contributed by atoms with Gasteiger partial charge in [-0.2, -0.15) is 0 Å². The molecule has 0 saturated heterocycles. The SMILES string of the molecule is CC(CCOc1cccc(CN)c1)NS(=O)[O-]. The summed E-state index contributed by atoms with van der Waals surface area (Å²) in [6.45, 7) is 2.72. The fourth-order valence-electron chi connectivity index (χ4n) is 1.34. The van der Waals surface area contributed by atoms with Crippen molar-refractivity contribution >= 4 is 11.3 Å². The van der Waals surface area contributed by atoms with Gasteiger partial charge in [0, 0.05) is 23.9 Å². The lowest BCUT2D eigenvalue weighted by atomic mass is 10.2. The summed E-state index contributed by atoms with van der Waals surface area (Å²) < 4.78 is 28.6. The van der Waals surface area contributed by atoms with E-state index < -0.39 is 11.3 Å². The van der Waals surface area contributed by atoms with Crippen molar-refractivity contribution < 1.29 is 13.5 Å². The lowest BCUT2D eigenvalue weighted by Gasteiger charge is -2.15. The summed E-state index contributed by atoms with van der Waals surface area (Å²) in [6.07, 6.45) is 0.612. The first-order valence-corrected chi connectivity index (χ1v) is 6.46. The lowest BCUT2D eigenvalue weighted by molar-refractivity contribution is 0.296. The number of hydrogen-bond donors (Lipinski definition) is 2. The second kappa shape index (κ2) is 7.39. The molecule has 0 aliphatic heterocycles. The third kappa shape index (κ3) is 5.78. The van der Waals surface area contributed by atoms with E-state index in [1.165, 1.54) is 0 Å². The molecular weight excluding hydrogens is 240 g/mol. The van der Waals surface area contributed by atoms with Crippen molar-refractivity contribution in [1.82, 2.24) is 4.72 Å². The molecule has 0 radical (unpaired) electrons. The zero-order valence-corrected chi connectivity index (χ0v) is 10.5. The van der Waals surface area contributed by atoms with E-state index in [2.05, 4.69) is 4.72 Å². The van der Waals surface area contributed by atoms with E-state index in [9.17, 15) is 8.76 Å². The predicted molar refractivity (Wildman–Crippen MR) is 66.0 cm³/mol. The Hall–Kier alpha value is -0.950. The predicted octanol–water partition coefficient (Wildman–Crippen LogP) is 0.686. The van der Waals surface area contributed by atoms with Crippen molar-refractivity contribution in [3.05, 3.63) is 29.8 Å². The highest BCUT2D eigenvalue weighted by atomic mass is 32.2. The zero-order chi connectivity index (χ0) is 12.7. The number of nitrogens with two attached hydrogens (primary N) is 1. The smallest absolute Gasteiger partial charge is 0.119 e. The molecule has 5 nitrogen and oxygen atoms in total. The molecule has 0 aliphatic carbocycles. The molecular formula is C11H17N2O3S-. The molecule has 1 aromatic rings. The van der Waals surface area contributed by atoms with Gasteiger partial charge in [-0.1, -0.05) is 12.1 Å². The van der Waals surface area contributed by atoms with Gasteiger partial charge in [-0.3, -0.25) is 4.21 Å². The number of benzene rings is 1. The summed E-state index contributed by atoms with van der Waals surface area (Å²) in [7, 11) is 0. The molecule has 1 rings (SSSR count). The van der Waals surface area contributed by atoms with Crippen LogP contribution in [0.4, 0.5) is 0 Å². The van der Waals surface area contributed by atoms with E-state index in [-0.39, 0.29) is 6.04 Å². The van der Waals surface area contributed by atoms with Gasteiger partial charge in [0.05, 0.1) is 6.61 Å². The van der Waals surface area contributed by atoms with Crippen LogP contribution in [0.15, 0.2) is 24.3 Å². The standard InChI is InChI=1S/C11H18N2O3S/c1-9(13-17(14)15)5-6-16-11-4-2-3-10(7-11)8-12/h2-4,7,9,13H,5-6,8,12H2,1H3,(H,14,15)/p-1. The molecule has 0 heterocycles. The highest BCUT2D eigenvalue weighted by Crippen LogP contribution is 2.13. The summed E-state index contributed by atoms with van der Waals surface area (Å²) >= 11 is -2.22. The molecule has 0 bridgehead atoms. The number of ether oxygens (including phenoxy) is 1. The van der Waals surface area contributed by atoms with Crippen molar-refractivity contribution in [3.63, 3.8) is 0 Å². The molecule has 17 heavy (non-hydrogen) atoms. The van der Waals surface area contributed by atoms with Gasteiger partial charge < -0.3 is 15.0 Å². The van der Waals surface area contributed by atoms with Crippen LogP contribution in [0.25, 0.3) is 0 Å². The minimum atomic E-state index is -2.22. The first kappa shape index (κ1) is 14.1. The van der Waals surface area contributed by atoms with Crippen LogP contribution in [0, 0.1) is 0 Å². The van der Waals surface area contributed by atoms with Gasteiger partial charge >= 0.3 is 0 Å². The Morgan fingerprint density at radius 2 is 2.35 bits per heavy atom. The summed E-state index contributed by atoms with van der Waals surface area (Å²) in [5.41, 5.74) is 6.52. The highest BCUT2D eigenvalue weighted by Gasteiger charge is 2.02. The van der Waals surface area contributed by atoms with Crippen LogP contribution >= 0.6 is 0 Å². The number of hydrogen-bond acceptors (Lipinski definition) is 4. The van der Waals surface area contributed by atoms with Gasteiger partial charge in [-0.05, 0) is 31.0 Å². The quantitative estimate of drug-likeness (QED) is 0.703. The van der Waals surface area contributed by atoms with Crippen LogP contribution < -0.4 is 15.2 Å². The first-order valence-electron chi connectivity index (χ1n) is 5.39. The second-order valence-corrected chi connectivity index (χ2v) is 4.45. The molecule has 0 saturated carbocycles. The van der Waals surface area contributed by atoms with Crippen LogP contribution in [0.1, 0.15) is 18.9 Å². The summed E-state index contributed by atoms with van der Waals surface area (Å²) in [6, 6.07) is 7.40. The summed E-state index contributed by atoms with van der Waals surface area (Å²) in [5.74, 6) is 0.753. The Bertz CT molecular complexity index is 373. The fraction of sp³-hybridized carbons (Fsp3) is 0.455. The highest BCUT2D eigenvalue weighted by molar-refractivity contribution is 7.77. The molecule has 6 heteroatoms. The van der Waals surface area contributed by atoms with Gasteiger partial charge in [0.2, 0.25) is 0 Å². The van der Waals surface area contributed by atoms with E-state index in [1.54, 1.807) is 6.92 Å². The maximum atomic E-state index is 10.4. The van der Waals surface area contributed by atoms with Crippen molar-refractivity contribution in [1.29, 1.82) is 0 Å². The normalized spacial score (nSPS) is 14.3. The molecule has 0 aromatic heterocycles. The molecule has 2 unspecified atom stereocenters. The number of nitrogens with one attached hydrogen (secondary N) is 1. The van der Waals surface area contributed by atoms with E-state index >= 15 is 0 Å².